The van der Waals surface area contributed by atoms with Gasteiger partial charge >= 0.3 is 0 Å². The summed E-state index contributed by atoms with van der Waals surface area (Å²) in [5, 5.41) is 3.43. The van der Waals surface area contributed by atoms with Crippen molar-refractivity contribution in [2.45, 2.75) is 38.6 Å². The second-order valence-corrected chi connectivity index (χ2v) is 4.75. The van der Waals surface area contributed by atoms with Crippen molar-refractivity contribution < 1.29 is 4.74 Å². The van der Waals surface area contributed by atoms with Crippen molar-refractivity contribution >= 4 is 0 Å². The molecule has 0 aromatic heterocycles. The van der Waals surface area contributed by atoms with Gasteiger partial charge in [0.1, 0.15) is 5.75 Å². The van der Waals surface area contributed by atoms with E-state index in [-0.39, 0.29) is 0 Å². The molecule has 2 nitrogen and oxygen atoms in total. The third-order valence-corrected chi connectivity index (χ3v) is 3.49. The second-order valence-electron chi connectivity index (χ2n) is 4.75. The van der Waals surface area contributed by atoms with Gasteiger partial charge in [0.05, 0.1) is 12.6 Å². The molecule has 0 amide bonds. The van der Waals surface area contributed by atoms with E-state index in [1.54, 1.807) is 0 Å². The molecule has 0 saturated heterocycles. The second kappa shape index (κ2) is 6.60. The fourth-order valence-electron chi connectivity index (χ4n) is 2.64. The van der Waals surface area contributed by atoms with Gasteiger partial charge in [0.15, 0.2) is 0 Å². The van der Waals surface area contributed by atoms with E-state index in [0.717, 1.165) is 12.4 Å². The summed E-state index contributed by atoms with van der Waals surface area (Å²) < 4.78 is 5.58. The number of ether oxygens (including phenoxy) is 1. The van der Waals surface area contributed by atoms with Gasteiger partial charge in [-0.15, -0.1) is 0 Å². The number of hydrogen-bond acceptors (Lipinski definition) is 2. The Morgan fingerprint density at radius 2 is 2.22 bits per heavy atom. The van der Waals surface area contributed by atoms with E-state index >= 15 is 0 Å². The smallest absolute Gasteiger partial charge is 0.119 e. The standard InChI is InChI=1S/C16H23NO/c1-3-18-15-11-7-10-14(12-15)16(17-2)13-8-5-4-6-9-13/h7-8,10-12,16-17H,3-6,9H2,1-2H3. The Hall–Kier alpha value is -1.28. The molecule has 1 atom stereocenters. The average Bonchev–Trinajstić information content (AvgIpc) is 2.42. The maximum absolute atomic E-state index is 5.58. The van der Waals surface area contributed by atoms with Crippen molar-refractivity contribution in [2.24, 2.45) is 0 Å². The highest BCUT2D eigenvalue weighted by Crippen LogP contribution is 2.31. The summed E-state index contributed by atoms with van der Waals surface area (Å²) in [5.74, 6) is 0.964. The van der Waals surface area contributed by atoms with Crippen LogP contribution in [0, 0.1) is 0 Å². The minimum atomic E-state index is 0.339. The van der Waals surface area contributed by atoms with Gasteiger partial charge in [-0.2, -0.15) is 0 Å². The Morgan fingerprint density at radius 3 is 2.89 bits per heavy atom. The van der Waals surface area contributed by atoms with Crippen molar-refractivity contribution in [3.05, 3.63) is 41.5 Å². The van der Waals surface area contributed by atoms with Crippen molar-refractivity contribution in [3.8, 4) is 5.75 Å². The molecule has 0 fully saturated rings. The summed E-state index contributed by atoms with van der Waals surface area (Å²) in [6, 6.07) is 8.77. The van der Waals surface area contributed by atoms with Crippen LogP contribution < -0.4 is 10.1 Å². The van der Waals surface area contributed by atoms with Crippen LogP contribution in [0.3, 0.4) is 0 Å². The summed E-state index contributed by atoms with van der Waals surface area (Å²) in [7, 11) is 2.04. The molecule has 1 unspecified atom stereocenters. The van der Waals surface area contributed by atoms with Crippen LogP contribution in [0.5, 0.6) is 5.75 Å². The fourth-order valence-corrected chi connectivity index (χ4v) is 2.64. The topological polar surface area (TPSA) is 21.3 Å². The van der Waals surface area contributed by atoms with Gasteiger partial charge in [0, 0.05) is 0 Å². The minimum Gasteiger partial charge on any atom is -0.494 e. The zero-order chi connectivity index (χ0) is 12.8. The minimum absolute atomic E-state index is 0.339. The van der Waals surface area contributed by atoms with Gasteiger partial charge in [-0.25, -0.2) is 0 Å². The van der Waals surface area contributed by atoms with E-state index in [1.807, 2.05) is 20.0 Å². The first-order valence-corrected chi connectivity index (χ1v) is 6.94. The molecule has 18 heavy (non-hydrogen) atoms. The van der Waals surface area contributed by atoms with Crippen molar-refractivity contribution in [3.63, 3.8) is 0 Å². The third kappa shape index (κ3) is 3.14. The van der Waals surface area contributed by atoms with Crippen molar-refractivity contribution in [1.29, 1.82) is 0 Å². The van der Waals surface area contributed by atoms with E-state index in [0.29, 0.717) is 6.04 Å². The van der Waals surface area contributed by atoms with Crippen LogP contribution in [0.15, 0.2) is 35.9 Å². The number of rotatable bonds is 5. The first kappa shape index (κ1) is 13.2. The molecule has 1 aromatic rings. The molecular formula is C16H23NO. The van der Waals surface area contributed by atoms with Gasteiger partial charge in [-0.05, 0) is 57.4 Å². The Bertz CT molecular complexity index is 411. The summed E-state index contributed by atoms with van der Waals surface area (Å²) in [6.45, 7) is 2.74. The molecule has 1 aliphatic carbocycles. The Morgan fingerprint density at radius 1 is 1.33 bits per heavy atom. The van der Waals surface area contributed by atoms with Gasteiger partial charge in [-0.3, -0.25) is 0 Å². The number of likely N-dealkylation sites (N-methyl/N-ethyl adjacent to an activating group) is 1. The lowest BCUT2D eigenvalue weighted by atomic mass is 9.90. The third-order valence-electron chi connectivity index (χ3n) is 3.49. The van der Waals surface area contributed by atoms with E-state index in [2.05, 4.69) is 29.6 Å². The summed E-state index contributed by atoms with van der Waals surface area (Å²) in [5.41, 5.74) is 2.83. The SMILES string of the molecule is CCOc1cccc(C(NC)C2=CCCCC2)c1. The number of benzene rings is 1. The molecule has 0 saturated carbocycles. The first-order chi connectivity index (χ1) is 8.85. The predicted octanol–water partition coefficient (Wildman–Crippen LogP) is 3.85. The number of nitrogens with one attached hydrogen (secondary N) is 1. The largest absolute Gasteiger partial charge is 0.494 e. The fraction of sp³-hybridized carbons (Fsp3) is 0.500. The van der Waals surface area contributed by atoms with E-state index in [4.69, 9.17) is 4.74 Å². The quantitative estimate of drug-likeness (QED) is 0.796. The summed E-state index contributed by atoms with van der Waals surface area (Å²) >= 11 is 0. The predicted molar refractivity (Wildman–Crippen MR) is 76.0 cm³/mol. The Balaban J connectivity index is 2.21. The van der Waals surface area contributed by atoms with Crippen LogP contribution in [-0.2, 0) is 0 Å². The molecule has 0 radical (unpaired) electrons. The molecule has 0 bridgehead atoms. The van der Waals surface area contributed by atoms with Crippen LogP contribution in [0.1, 0.15) is 44.2 Å². The maximum atomic E-state index is 5.58. The number of allylic oxidation sites excluding steroid dienone is 1. The highest BCUT2D eigenvalue weighted by atomic mass is 16.5. The van der Waals surface area contributed by atoms with Crippen LogP contribution in [0.4, 0.5) is 0 Å². The lowest BCUT2D eigenvalue weighted by Crippen LogP contribution is -2.19. The normalized spacial score (nSPS) is 17.1. The van der Waals surface area contributed by atoms with Crippen LogP contribution in [0.2, 0.25) is 0 Å². The molecule has 2 rings (SSSR count). The molecule has 1 aromatic carbocycles. The van der Waals surface area contributed by atoms with Crippen molar-refractivity contribution in [2.75, 3.05) is 13.7 Å². The summed E-state index contributed by atoms with van der Waals surface area (Å²) in [6.07, 6.45) is 7.48. The molecular weight excluding hydrogens is 222 g/mol. The lowest BCUT2D eigenvalue weighted by molar-refractivity contribution is 0.339. The summed E-state index contributed by atoms with van der Waals surface area (Å²) in [4.78, 5) is 0. The van der Waals surface area contributed by atoms with Crippen molar-refractivity contribution in [1.82, 2.24) is 5.32 Å². The van der Waals surface area contributed by atoms with Crippen LogP contribution in [-0.4, -0.2) is 13.7 Å². The molecule has 0 spiro atoms. The molecule has 0 aliphatic heterocycles. The van der Waals surface area contributed by atoms with Gasteiger partial charge in [0.2, 0.25) is 0 Å². The molecule has 1 N–H and O–H groups in total. The van der Waals surface area contributed by atoms with Crippen LogP contribution >= 0.6 is 0 Å². The highest BCUT2D eigenvalue weighted by molar-refractivity contribution is 5.35. The molecule has 0 heterocycles. The highest BCUT2D eigenvalue weighted by Gasteiger charge is 2.16. The van der Waals surface area contributed by atoms with Crippen LogP contribution in [0.25, 0.3) is 0 Å². The Labute approximate surface area is 110 Å². The average molecular weight is 245 g/mol. The zero-order valence-corrected chi connectivity index (χ0v) is 11.4. The molecule has 98 valence electrons. The van der Waals surface area contributed by atoms with Gasteiger partial charge < -0.3 is 10.1 Å². The number of hydrogen-bond donors (Lipinski definition) is 1. The first-order valence-electron chi connectivity index (χ1n) is 6.94. The lowest BCUT2D eigenvalue weighted by Gasteiger charge is -2.23. The monoisotopic (exact) mass is 245 g/mol. The van der Waals surface area contributed by atoms with E-state index in [9.17, 15) is 0 Å². The van der Waals surface area contributed by atoms with Gasteiger partial charge in [-0.1, -0.05) is 23.8 Å². The maximum Gasteiger partial charge on any atom is 0.119 e. The Kier molecular flexibility index (Phi) is 4.82. The molecule has 1 aliphatic rings. The van der Waals surface area contributed by atoms with Gasteiger partial charge in [0.25, 0.3) is 0 Å². The van der Waals surface area contributed by atoms with E-state index in [1.165, 1.54) is 36.8 Å². The molecule has 2 heteroatoms. The van der Waals surface area contributed by atoms with E-state index < -0.39 is 0 Å². The zero-order valence-electron chi connectivity index (χ0n) is 11.4.